The number of nitrogen functional groups attached to an aromatic ring is 1. The van der Waals surface area contributed by atoms with E-state index in [0.717, 1.165) is 24.7 Å². The smallest absolute Gasteiger partial charge is 0.134 e. The highest BCUT2D eigenvalue weighted by atomic mass is 16.6. The Labute approximate surface area is 140 Å². The van der Waals surface area contributed by atoms with E-state index in [0.29, 0.717) is 19.0 Å². The van der Waals surface area contributed by atoms with Gasteiger partial charge in [-0.15, -0.1) is 0 Å². The van der Waals surface area contributed by atoms with Crippen LogP contribution in [-0.4, -0.2) is 59.5 Å². The van der Waals surface area contributed by atoms with Crippen LogP contribution in [0.3, 0.4) is 0 Å². The number of nitrogens with one attached hydrogen (secondary N) is 1. The normalized spacial score (nSPS) is 24.4. The van der Waals surface area contributed by atoms with Crippen molar-refractivity contribution in [2.75, 3.05) is 42.3 Å². The summed E-state index contributed by atoms with van der Waals surface area (Å²) in [6.07, 6.45) is 3.29. The highest BCUT2D eigenvalue weighted by Crippen LogP contribution is 2.25. The summed E-state index contributed by atoms with van der Waals surface area (Å²) in [5.74, 6) is 2.11. The van der Waals surface area contributed by atoms with E-state index in [1.165, 1.54) is 6.33 Å². The molecule has 0 saturated carbocycles. The number of anilines is 3. The molecule has 2 atom stereocenters. The predicted molar refractivity (Wildman–Crippen MR) is 89.8 cm³/mol. The van der Waals surface area contributed by atoms with Gasteiger partial charge in [0.1, 0.15) is 36.0 Å². The molecule has 2 saturated heterocycles. The molecule has 2 aliphatic rings. The summed E-state index contributed by atoms with van der Waals surface area (Å²) in [4.78, 5) is 14.6. The lowest BCUT2D eigenvalue weighted by Gasteiger charge is -2.20. The SMILES string of the molecule is Nc1cc(N2C[C@@H]3OCC(Nc4ccccn4)CO[C@H]3C2)ncn1. The summed E-state index contributed by atoms with van der Waals surface area (Å²) in [7, 11) is 0. The van der Waals surface area contributed by atoms with Crippen molar-refractivity contribution in [1.82, 2.24) is 15.0 Å². The lowest BCUT2D eigenvalue weighted by atomic mass is 10.3. The summed E-state index contributed by atoms with van der Waals surface area (Å²) in [5.41, 5.74) is 5.73. The second-order valence-electron chi connectivity index (χ2n) is 6.01. The van der Waals surface area contributed by atoms with E-state index in [9.17, 15) is 0 Å². The maximum Gasteiger partial charge on any atom is 0.134 e. The van der Waals surface area contributed by atoms with Crippen molar-refractivity contribution in [3.8, 4) is 0 Å². The Morgan fingerprint density at radius 1 is 1.08 bits per heavy atom. The van der Waals surface area contributed by atoms with Gasteiger partial charge in [0.15, 0.2) is 0 Å². The number of rotatable bonds is 3. The average Bonchev–Trinajstić information content (AvgIpc) is 2.93. The number of hydrogen-bond acceptors (Lipinski definition) is 8. The Hall–Kier alpha value is -2.45. The second kappa shape index (κ2) is 6.58. The van der Waals surface area contributed by atoms with Crippen LogP contribution in [0, 0.1) is 0 Å². The maximum atomic E-state index is 6.06. The van der Waals surface area contributed by atoms with Gasteiger partial charge < -0.3 is 25.4 Å². The molecule has 0 unspecified atom stereocenters. The predicted octanol–water partition coefficient (Wildman–Crippen LogP) is 0.538. The van der Waals surface area contributed by atoms with Crippen LogP contribution in [0.5, 0.6) is 0 Å². The average molecular weight is 328 g/mol. The van der Waals surface area contributed by atoms with Gasteiger partial charge in [0.25, 0.3) is 0 Å². The fourth-order valence-corrected chi connectivity index (χ4v) is 3.05. The number of pyridine rings is 1. The molecule has 4 heterocycles. The van der Waals surface area contributed by atoms with Crippen LogP contribution in [0.25, 0.3) is 0 Å². The molecule has 126 valence electrons. The van der Waals surface area contributed by atoms with Gasteiger partial charge >= 0.3 is 0 Å². The maximum absolute atomic E-state index is 6.06. The zero-order valence-electron chi connectivity index (χ0n) is 13.2. The third kappa shape index (κ3) is 3.24. The van der Waals surface area contributed by atoms with E-state index in [4.69, 9.17) is 15.2 Å². The second-order valence-corrected chi connectivity index (χ2v) is 6.01. The van der Waals surface area contributed by atoms with E-state index in [2.05, 4.69) is 25.2 Å². The van der Waals surface area contributed by atoms with Crippen LogP contribution in [0.1, 0.15) is 0 Å². The minimum Gasteiger partial charge on any atom is -0.384 e. The Kier molecular flexibility index (Phi) is 4.14. The summed E-state index contributed by atoms with van der Waals surface area (Å²) in [6, 6.07) is 7.65. The molecule has 0 amide bonds. The van der Waals surface area contributed by atoms with Crippen LogP contribution in [0.15, 0.2) is 36.8 Å². The van der Waals surface area contributed by atoms with Crippen molar-refractivity contribution in [3.63, 3.8) is 0 Å². The molecule has 2 fully saturated rings. The van der Waals surface area contributed by atoms with Crippen LogP contribution in [0.2, 0.25) is 0 Å². The molecule has 2 aromatic rings. The number of fused-ring (bicyclic) bond motifs is 1. The van der Waals surface area contributed by atoms with Gasteiger partial charge in [-0.3, -0.25) is 0 Å². The largest absolute Gasteiger partial charge is 0.384 e. The molecule has 2 aromatic heterocycles. The highest BCUT2D eigenvalue weighted by molar-refractivity contribution is 5.47. The Balaban J connectivity index is 1.37. The molecular formula is C16H20N6O2. The highest BCUT2D eigenvalue weighted by Gasteiger charge is 2.38. The first kappa shape index (κ1) is 15.1. The lowest BCUT2D eigenvalue weighted by molar-refractivity contribution is -0.00461. The quantitative estimate of drug-likeness (QED) is 0.842. The Morgan fingerprint density at radius 3 is 2.54 bits per heavy atom. The summed E-state index contributed by atoms with van der Waals surface area (Å²) in [6.45, 7) is 2.63. The molecule has 4 rings (SSSR count). The van der Waals surface area contributed by atoms with Gasteiger partial charge in [-0.2, -0.15) is 0 Å². The Bertz CT molecular complexity index is 669. The topological polar surface area (TPSA) is 98.4 Å². The van der Waals surface area contributed by atoms with Gasteiger partial charge in [0.05, 0.1) is 19.3 Å². The van der Waals surface area contributed by atoms with Crippen molar-refractivity contribution in [2.45, 2.75) is 18.2 Å². The minimum absolute atomic E-state index is 0.0247. The summed E-state index contributed by atoms with van der Waals surface area (Å²) < 4.78 is 12.1. The van der Waals surface area contributed by atoms with Crippen LogP contribution in [-0.2, 0) is 9.47 Å². The fraction of sp³-hybridized carbons (Fsp3) is 0.438. The molecule has 0 aliphatic carbocycles. The van der Waals surface area contributed by atoms with E-state index < -0.39 is 0 Å². The molecule has 0 bridgehead atoms. The van der Waals surface area contributed by atoms with Gasteiger partial charge in [0.2, 0.25) is 0 Å². The number of nitrogens with two attached hydrogens (primary N) is 1. The van der Waals surface area contributed by atoms with Crippen molar-refractivity contribution in [3.05, 3.63) is 36.8 Å². The summed E-state index contributed by atoms with van der Waals surface area (Å²) >= 11 is 0. The van der Waals surface area contributed by atoms with Gasteiger partial charge in [-0.25, -0.2) is 15.0 Å². The number of ether oxygens (including phenoxy) is 2. The molecule has 8 heteroatoms. The third-order valence-electron chi connectivity index (χ3n) is 4.25. The first-order valence-electron chi connectivity index (χ1n) is 8.01. The molecule has 0 aromatic carbocycles. The number of nitrogens with zero attached hydrogens (tertiary/aromatic N) is 4. The lowest BCUT2D eigenvalue weighted by Crippen LogP contribution is -2.31. The minimum atomic E-state index is 0.0247. The van der Waals surface area contributed by atoms with Crippen LogP contribution < -0.4 is 16.0 Å². The monoisotopic (exact) mass is 328 g/mol. The molecule has 24 heavy (non-hydrogen) atoms. The molecule has 0 radical (unpaired) electrons. The van der Waals surface area contributed by atoms with Crippen molar-refractivity contribution in [1.29, 1.82) is 0 Å². The molecule has 2 aliphatic heterocycles. The van der Waals surface area contributed by atoms with Crippen molar-refractivity contribution >= 4 is 17.5 Å². The molecule has 8 nitrogen and oxygen atoms in total. The molecule has 3 N–H and O–H groups in total. The van der Waals surface area contributed by atoms with Gasteiger partial charge in [-0.05, 0) is 12.1 Å². The van der Waals surface area contributed by atoms with E-state index in [1.54, 1.807) is 12.3 Å². The van der Waals surface area contributed by atoms with Crippen LogP contribution in [0.4, 0.5) is 17.5 Å². The fourth-order valence-electron chi connectivity index (χ4n) is 3.05. The van der Waals surface area contributed by atoms with E-state index in [1.807, 2.05) is 18.2 Å². The first-order valence-corrected chi connectivity index (χ1v) is 8.01. The summed E-state index contributed by atoms with van der Waals surface area (Å²) in [5, 5.41) is 3.35. The number of aromatic nitrogens is 3. The van der Waals surface area contributed by atoms with E-state index >= 15 is 0 Å². The van der Waals surface area contributed by atoms with Crippen molar-refractivity contribution < 1.29 is 9.47 Å². The zero-order valence-corrected chi connectivity index (χ0v) is 13.2. The zero-order chi connectivity index (χ0) is 16.4. The Morgan fingerprint density at radius 2 is 1.88 bits per heavy atom. The van der Waals surface area contributed by atoms with Gasteiger partial charge in [0, 0.05) is 25.4 Å². The van der Waals surface area contributed by atoms with E-state index in [-0.39, 0.29) is 18.2 Å². The first-order chi connectivity index (χ1) is 11.8. The third-order valence-corrected chi connectivity index (χ3v) is 4.25. The van der Waals surface area contributed by atoms with Crippen LogP contribution >= 0.6 is 0 Å². The number of hydrogen-bond donors (Lipinski definition) is 2. The van der Waals surface area contributed by atoms with Crippen molar-refractivity contribution in [2.24, 2.45) is 0 Å². The standard InChI is InChI=1S/C16H20N6O2/c17-14-5-16(20-10-19-14)22-6-12-13(7-22)24-9-11(8-23-12)21-15-3-1-2-4-18-15/h1-5,10-13H,6-9H2,(H,18,21)(H2,17,19,20)/t12-,13-/m0/s1. The van der Waals surface area contributed by atoms with Gasteiger partial charge in [-0.1, -0.05) is 6.07 Å². The molecule has 0 spiro atoms. The molecular weight excluding hydrogens is 308 g/mol.